The summed E-state index contributed by atoms with van der Waals surface area (Å²) in [6, 6.07) is 1.85. The molecule has 0 aromatic carbocycles. The third-order valence-electron chi connectivity index (χ3n) is 10.6. The van der Waals surface area contributed by atoms with Gasteiger partial charge in [0.1, 0.15) is 18.3 Å². The van der Waals surface area contributed by atoms with Crippen molar-refractivity contribution < 1.29 is 33.0 Å². The molecule has 5 unspecified atom stereocenters. The smallest absolute Gasteiger partial charge is 0.331 e. The fourth-order valence-corrected chi connectivity index (χ4v) is 9.01. The van der Waals surface area contributed by atoms with Gasteiger partial charge in [0.15, 0.2) is 5.78 Å². The van der Waals surface area contributed by atoms with Crippen LogP contribution in [0.3, 0.4) is 0 Å². The Bertz CT molecular complexity index is 1150. The van der Waals surface area contributed by atoms with Crippen molar-refractivity contribution in [2.45, 2.75) is 85.2 Å². The zero-order chi connectivity index (χ0) is 25.1. The van der Waals surface area contributed by atoms with E-state index in [1.54, 1.807) is 18.6 Å². The second-order valence-corrected chi connectivity index (χ2v) is 12.5. The van der Waals surface area contributed by atoms with Gasteiger partial charge in [-0.05, 0) is 42.7 Å². The van der Waals surface area contributed by atoms with E-state index >= 15 is 0 Å². The number of carbonyl (C=O) groups is 3. The van der Waals surface area contributed by atoms with Crippen LogP contribution in [0.4, 0.5) is 0 Å². The maximum absolute atomic E-state index is 13.2. The van der Waals surface area contributed by atoms with Crippen molar-refractivity contribution in [3.63, 3.8) is 0 Å². The number of ether oxygens (including phenoxy) is 3. The highest BCUT2D eigenvalue weighted by Crippen LogP contribution is 2.74. The van der Waals surface area contributed by atoms with Crippen LogP contribution in [0.15, 0.2) is 34.7 Å². The van der Waals surface area contributed by atoms with Gasteiger partial charge in [0.25, 0.3) is 0 Å². The Morgan fingerprint density at radius 3 is 2.51 bits per heavy atom. The molecule has 188 valence electrons. The van der Waals surface area contributed by atoms with Crippen LogP contribution in [0.1, 0.15) is 72.5 Å². The number of rotatable bonds is 2. The molecular formula is C28H34O7. The Morgan fingerprint density at radius 1 is 1.11 bits per heavy atom. The van der Waals surface area contributed by atoms with Crippen molar-refractivity contribution in [2.24, 2.45) is 33.5 Å². The summed E-state index contributed by atoms with van der Waals surface area (Å²) in [5.74, 6) is -0.526. The Morgan fingerprint density at radius 2 is 1.86 bits per heavy atom. The lowest BCUT2D eigenvalue weighted by Crippen LogP contribution is -2.68. The van der Waals surface area contributed by atoms with Crippen molar-refractivity contribution in [1.29, 1.82) is 0 Å². The van der Waals surface area contributed by atoms with Crippen LogP contribution in [0.5, 0.6) is 0 Å². The molecule has 4 fully saturated rings. The van der Waals surface area contributed by atoms with Gasteiger partial charge in [0, 0.05) is 40.2 Å². The minimum Gasteiger partial charge on any atom is -0.472 e. The number of carbonyl (C=O) groups excluding carboxylic acids is 3. The second kappa shape index (κ2) is 6.87. The number of cyclic esters (lactones) is 1. The first kappa shape index (κ1) is 23.0. The molecule has 6 rings (SSSR count). The lowest BCUT2D eigenvalue weighted by atomic mass is 9.37. The van der Waals surface area contributed by atoms with Crippen LogP contribution < -0.4 is 0 Å². The summed E-state index contributed by atoms with van der Waals surface area (Å²) in [6.45, 7) is 12.0. The zero-order valence-corrected chi connectivity index (χ0v) is 21.3. The number of furan rings is 1. The number of hydrogen-bond donors (Lipinski definition) is 0. The van der Waals surface area contributed by atoms with Gasteiger partial charge in [-0.1, -0.05) is 34.6 Å². The van der Waals surface area contributed by atoms with E-state index in [1.165, 1.54) is 6.92 Å². The molecule has 5 aliphatic rings. The molecule has 1 aromatic rings. The van der Waals surface area contributed by atoms with Crippen LogP contribution >= 0.6 is 0 Å². The molecule has 3 heterocycles. The third-order valence-corrected chi connectivity index (χ3v) is 10.6. The molecule has 0 radical (unpaired) electrons. The van der Waals surface area contributed by atoms with Crippen molar-refractivity contribution >= 4 is 17.7 Å². The van der Waals surface area contributed by atoms with Crippen LogP contribution in [-0.2, 0) is 28.6 Å². The van der Waals surface area contributed by atoms with Gasteiger partial charge in [-0.3, -0.25) is 9.59 Å². The zero-order valence-electron chi connectivity index (χ0n) is 21.3. The second-order valence-electron chi connectivity index (χ2n) is 12.5. The number of ketones is 1. The molecule has 0 spiro atoms. The van der Waals surface area contributed by atoms with Crippen molar-refractivity contribution in [3.8, 4) is 0 Å². The first-order chi connectivity index (χ1) is 16.4. The molecule has 7 heteroatoms. The molecule has 35 heavy (non-hydrogen) atoms. The van der Waals surface area contributed by atoms with Crippen LogP contribution in [0.25, 0.3) is 0 Å². The highest BCUT2D eigenvalue weighted by atomic mass is 16.6. The van der Waals surface area contributed by atoms with E-state index in [2.05, 4.69) is 20.8 Å². The van der Waals surface area contributed by atoms with E-state index in [9.17, 15) is 14.4 Å². The van der Waals surface area contributed by atoms with Crippen molar-refractivity contribution in [1.82, 2.24) is 0 Å². The summed E-state index contributed by atoms with van der Waals surface area (Å²) in [4.78, 5) is 38.6. The van der Waals surface area contributed by atoms with E-state index in [4.69, 9.17) is 18.6 Å². The highest BCUT2D eigenvalue weighted by Gasteiger charge is 2.77. The average Bonchev–Trinajstić information content (AvgIpc) is 3.41. The number of epoxide rings is 1. The van der Waals surface area contributed by atoms with Gasteiger partial charge in [-0.15, -0.1) is 0 Å². The maximum Gasteiger partial charge on any atom is 0.331 e. The molecule has 3 aliphatic carbocycles. The monoisotopic (exact) mass is 482 g/mol. The van der Waals surface area contributed by atoms with Crippen molar-refractivity contribution in [2.75, 3.05) is 0 Å². The lowest BCUT2D eigenvalue weighted by molar-refractivity contribution is -0.209. The van der Waals surface area contributed by atoms with Gasteiger partial charge in [-0.2, -0.15) is 0 Å². The van der Waals surface area contributed by atoms with Crippen LogP contribution in [0, 0.1) is 33.5 Å². The SMILES string of the molecule is CC(=O)OC1CC2C(C)(C)C(=O)[C@@H]3OC3[C@@]2(C)C2CC[C@]3(C)C(=CC(=O)OC3c3ccoc3)[C@]12C. The molecule has 2 aliphatic heterocycles. The number of Topliss-reactive ketones (excluding diaryl/α,β-unsaturated/α-hetero) is 1. The number of fused-ring (bicyclic) bond motifs is 7. The molecule has 1 aromatic heterocycles. The van der Waals surface area contributed by atoms with E-state index in [0.29, 0.717) is 6.42 Å². The molecule has 3 saturated carbocycles. The summed E-state index contributed by atoms with van der Waals surface area (Å²) >= 11 is 0. The fourth-order valence-electron chi connectivity index (χ4n) is 9.01. The lowest BCUT2D eigenvalue weighted by Gasteiger charge is -2.67. The summed E-state index contributed by atoms with van der Waals surface area (Å²) < 4.78 is 23.4. The minimum absolute atomic E-state index is 0.00107. The largest absolute Gasteiger partial charge is 0.472 e. The van der Waals surface area contributed by atoms with Crippen molar-refractivity contribution in [3.05, 3.63) is 35.8 Å². The topological polar surface area (TPSA) is 95.3 Å². The van der Waals surface area contributed by atoms with E-state index in [-0.39, 0.29) is 47.2 Å². The summed E-state index contributed by atoms with van der Waals surface area (Å²) in [5.41, 5.74) is -0.171. The Labute approximate surface area is 205 Å². The standard InChI is InChI=1S/C28H34O7/c1-14(29)33-19-11-17-25(2,3)22(31)21-24(35-21)28(17,6)16-7-9-26(4)18(27(16,19)5)12-20(30)34-23(26)15-8-10-32-13-15/h8,10,12-13,16-17,19,21,23-24H,7,9,11H2,1-6H3/t16?,17?,19?,21-,23?,24?,26+,27+,28-/m0/s1. The first-order valence-electron chi connectivity index (χ1n) is 12.7. The molecular weight excluding hydrogens is 448 g/mol. The predicted molar refractivity (Wildman–Crippen MR) is 124 cm³/mol. The molecule has 9 atom stereocenters. The van der Waals surface area contributed by atoms with E-state index in [0.717, 1.165) is 24.0 Å². The first-order valence-corrected chi connectivity index (χ1v) is 12.7. The molecule has 7 nitrogen and oxygen atoms in total. The van der Waals surface area contributed by atoms with Crippen LogP contribution in [-0.4, -0.2) is 36.0 Å². The van der Waals surface area contributed by atoms with E-state index in [1.807, 2.05) is 19.9 Å². The number of hydrogen-bond acceptors (Lipinski definition) is 7. The normalized spacial score (nSPS) is 47.3. The summed E-state index contributed by atoms with van der Waals surface area (Å²) in [5, 5.41) is 0. The number of esters is 2. The minimum atomic E-state index is -0.613. The summed E-state index contributed by atoms with van der Waals surface area (Å²) in [7, 11) is 0. The molecule has 1 saturated heterocycles. The highest BCUT2D eigenvalue weighted by molar-refractivity contribution is 5.93. The Balaban J connectivity index is 1.53. The van der Waals surface area contributed by atoms with Gasteiger partial charge < -0.3 is 18.6 Å². The maximum atomic E-state index is 13.2. The molecule has 0 N–H and O–H groups in total. The molecule has 0 bridgehead atoms. The van der Waals surface area contributed by atoms with Gasteiger partial charge in [0.05, 0.1) is 18.6 Å². The average molecular weight is 483 g/mol. The fraction of sp³-hybridized carbons (Fsp3) is 0.679. The van der Waals surface area contributed by atoms with E-state index < -0.39 is 28.5 Å². The van der Waals surface area contributed by atoms with Gasteiger partial charge in [0.2, 0.25) is 0 Å². The Kier molecular flexibility index (Phi) is 4.52. The predicted octanol–water partition coefficient (Wildman–Crippen LogP) is 4.56. The Hall–Kier alpha value is -2.41. The van der Waals surface area contributed by atoms with Crippen LogP contribution in [0.2, 0.25) is 0 Å². The summed E-state index contributed by atoms with van der Waals surface area (Å²) in [6.07, 6.45) is 5.62. The molecule has 0 amide bonds. The van der Waals surface area contributed by atoms with Gasteiger partial charge >= 0.3 is 11.9 Å². The van der Waals surface area contributed by atoms with Gasteiger partial charge in [-0.25, -0.2) is 4.79 Å². The quantitative estimate of drug-likeness (QED) is 0.450. The third kappa shape index (κ3) is 2.73.